The summed E-state index contributed by atoms with van der Waals surface area (Å²) in [6, 6.07) is 8.55. The number of hydrogen-bond acceptors (Lipinski definition) is 2. The molecule has 0 bridgehead atoms. The van der Waals surface area contributed by atoms with Gasteiger partial charge in [-0.1, -0.05) is 6.07 Å². The highest BCUT2D eigenvalue weighted by molar-refractivity contribution is 5.95. The standard InChI is InChI=1S/C19H22N4O/c1-13-11-17(14(2)23(13)16-6-7-16)19(24)20-9-8-15-12-22-10-4-3-5-18(22)21-15/h3-5,10-12,16H,6-9H2,1-2H3,(H,20,24). The summed E-state index contributed by atoms with van der Waals surface area (Å²) < 4.78 is 4.30. The topological polar surface area (TPSA) is 51.3 Å². The van der Waals surface area contributed by atoms with Crippen LogP contribution in [0.2, 0.25) is 0 Å². The largest absolute Gasteiger partial charge is 0.352 e. The van der Waals surface area contributed by atoms with Gasteiger partial charge in [-0.05, 0) is 44.9 Å². The number of nitrogens with one attached hydrogen (secondary N) is 1. The van der Waals surface area contributed by atoms with Crippen LogP contribution in [0, 0.1) is 13.8 Å². The van der Waals surface area contributed by atoms with Crippen LogP contribution >= 0.6 is 0 Å². The van der Waals surface area contributed by atoms with Crippen molar-refractivity contribution in [3.8, 4) is 0 Å². The van der Waals surface area contributed by atoms with Gasteiger partial charge in [0.2, 0.25) is 0 Å². The van der Waals surface area contributed by atoms with Gasteiger partial charge in [0.15, 0.2) is 0 Å². The van der Waals surface area contributed by atoms with Crippen molar-refractivity contribution in [1.82, 2.24) is 19.3 Å². The molecule has 5 nitrogen and oxygen atoms in total. The Bertz CT molecular complexity index is 868. The molecule has 4 rings (SSSR count). The molecule has 0 unspecified atom stereocenters. The number of aromatic nitrogens is 3. The highest BCUT2D eigenvalue weighted by Crippen LogP contribution is 2.38. The normalized spacial score (nSPS) is 14.2. The number of pyridine rings is 1. The fraction of sp³-hybridized carbons (Fsp3) is 0.368. The van der Waals surface area contributed by atoms with Gasteiger partial charge in [-0.25, -0.2) is 4.98 Å². The summed E-state index contributed by atoms with van der Waals surface area (Å²) in [6.45, 7) is 4.72. The van der Waals surface area contributed by atoms with Gasteiger partial charge < -0.3 is 14.3 Å². The quantitative estimate of drug-likeness (QED) is 0.785. The average Bonchev–Trinajstić information content (AvgIpc) is 3.23. The van der Waals surface area contributed by atoms with Crippen molar-refractivity contribution in [1.29, 1.82) is 0 Å². The van der Waals surface area contributed by atoms with E-state index in [1.807, 2.05) is 48.0 Å². The van der Waals surface area contributed by atoms with E-state index in [1.165, 1.54) is 18.5 Å². The molecule has 1 N–H and O–H groups in total. The predicted molar refractivity (Wildman–Crippen MR) is 93.4 cm³/mol. The second-order valence-electron chi connectivity index (χ2n) is 6.59. The molecular weight excluding hydrogens is 300 g/mol. The first kappa shape index (κ1) is 15.0. The van der Waals surface area contributed by atoms with E-state index in [0.717, 1.165) is 29.0 Å². The molecular formula is C19H22N4O. The lowest BCUT2D eigenvalue weighted by Crippen LogP contribution is -2.26. The van der Waals surface area contributed by atoms with E-state index in [4.69, 9.17) is 0 Å². The molecule has 0 aromatic carbocycles. The van der Waals surface area contributed by atoms with Crippen LogP contribution in [0.3, 0.4) is 0 Å². The van der Waals surface area contributed by atoms with Crippen molar-refractivity contribution < 1.29 is 4.79 Å². The molecule has 1 fully saturated rings. The molecule has 5 heteroatoms. The van der Waals surface area contributed by atoms with E-state index in [9.17, 15) is 4.79 Å². The lowest BCUT2D eigenvalue weighted by molar-refractivity contribution is 0.0953. The van der Waals surface area contributed by atoms with Gasteiger partial charge >= 0.3 is 0 Å². The lowest BCUT2D eigenvalue weighted by Gasteiger charge is -2.08. The number of carbonyl (C=O) groups excluding carboxylic acids is 1. The van der Waals surface area contributed by atoms with E-state index in [1.54, 1.807) is 0 Å². The molecule has 1 aliphatic rings. The molecule has 3 aromatic rings. The Hall–Kier alpha value is -2.56. The Morgan fingerprint density at radius 2 is 2.17 bits per heavy atom. The molecule has 124 valence electrons. The maximum atomic E-state index is 12.5. The zero-order valence-corrected chi connectivity index (χ0v) is 14.1. The summed E-state index contributed by atoms with van der Waals surface area (Å²) >= 11 is 0. The van der Waals surface area contributed by atoms with Crippen LogP contribution in [0.5, 0.6) is 0 Å². The Balaban J connectivity index is 1.40. The second kappa shape index (κ2) is 5.82. The zero-order chi connectivity index (χ0) is 16.7. The SMILES string of the molecule is Cc1cc(C(=O)NCCc2cn3ccccc3n2)c(C)n1C1CC1. The molecule has 0 aliphatic heterocycles. The Kier molecular flexibility index (Phi) is 3.63. The third-order valence-corrected chi connectivity index (χ3v) is 4.72. The number of fused-ring (bicyclic) bond motifs is 1. The first-order valence-corrected chi connectivity index (χ1v) is 8.53. The molecule has 3 heterocycles. The number of amides is 1. The monoisotopic (exact) mass is 322 g/mol. The molecule has 3 aromatic heterocycles. The minimum absolute atomic E-state index is 0.0127. The Morgan fingerprint density at radius 3 is 2.92 bits per heavy atom. The second-order valence-corrected chi connectivity index (χ2v) is 6.59. The Labute approximate surface area is 141 Å². The van der Waals surface area contributed by atoms with Crippen LogP contribution in [-0.2, 0) is 6.42 Å². The molecule has 1 amide bonds. The summed E-state index contributed by atoms with van der Waals surface area (Å²) in [5.74, 6) is 0.0127. The molecule has 0 saturated heterocycles. The smallest absolute Gasteiger partial charge is 0.253 e. The van der Waals surface area contributed by atoms with Crippen LogP contribution in [-0.4, -0.2) is 26.4 Å². The molecule has 1 saturated carbocycles. The summed E-state index contributed by atoms with van der Waals surface area (Å²) in [7, 11) is 0. The fourth-order valence-electron chi connectivity index (χ4n) is 3.41. The molecule has 0 spiro atoms. The summed E-state index contributed by atoms with van der Waals surface area (Å²) in [4.78, 5) is 17.0. The first-order chi connectivity index (χ1) is 11.6. The number of nitrogens with zero attached hydrogens (tertiary/aromatic N) is 3. The van der Waals surface area contributed by atoms with Crippen LogP contribution in [0.4, 0.5) is 0 Å². The van der Waals surface area contributed by atoms with Crippen LogP contribution in [0.1, 0.15) is 46.3 Å². The minimum Gasteiger partial charge on any atom is -0.352 e. The number of imidazole rings is 1. The van der Waals surface area contributed by atoms with E-state index < -0.39 is 0 Å². The summed E-state index contributed by atoms with van der Waals surface area (Å²) in [5.41, 5.74) is 4.99. The van der Waals surface area contributed by atoms with Gasteiger partial charge in [-0.3, -0.25) is 4.79 Å². The first-order valence-electron chi connectivity index (χ1n) is 8.53. The van der Waals surface area contributed by atoms with Crippen LogP contribution in [0.25, 0.3) is 5.65 Å². The van der Waals surface area contributed by atoms with Gasteiger partial charge in [0, 0.05) is 42.8 Å². The van der Waals surface area contributed by atoms with Crippen LogP contribution < -0.4 is 5.32 Å². The van der Waals surface area contributed by atoms with Crippen molar-refractivity contribution in [2.75, 3.05) is 6.54 Å². The molecule has 0 atom stereocenters. The number of rotatable bonds is 5. The summed E-state index contributed by atoms with van der Waals surface area (Å²) in [5, 5.41) is 3.03. The highest BCUT2D eigenvalue weighted by Gasteiger charge is 2.28. The van der Waals surface area contributed by atoms with Crippen molar-refractivity contribution in [3.05, 3.63) is 59.3 Å². The predicted octanol–water partition coefficient (Wildman–Crippen LogP) is 3.06. The zero-order valence-electron chi connectivity index (χ0n) is 14.1. The average molecular weight is 322 g/mol. The van der Waals surface area contributed by atoms with Gasteiger partial charge in [0.1, 0.15) is 5.65 Å². The van der Waals surface area contributed by atoms with E-state index in [2.05, 4.69) is 21.8 Å². The molecule has 1 aliphatic carbocycles. The van der Waals surface area contributed by atoms with Gasteiger partial charge in [-0.2, -0.15) is 0 Å². The molecule has 0 radical (unpaired) electrons. The van der Waals surface area contributed by atoms with E-state index >= 15 is 0 Å². The van der Waals surface area contributed by atoms with Crippen molar-refractivity contribution >= 4 is 11.6 Å². The van der Waals surface area contributed by atoms with Gasteiger partial charge in [-0.15, -0.1) is 0 Å². The number of aryl methyl sites for hydroxylation is 1. The maximum absolute atomic E-state index is 12.5. The van der Waals surface area contributed by atoms with E-state index in [0.29, 0.717) is 12.6 Å². The van der Waals surface area contributed by atoms with Crippen molar-refractivity contribution in [2.45, 2.75) is 39.2 Å². The Morgan fingerprint density at radius 1 is 1.33 bits per heavy atom. The van der Waals surface area contributed by atoms with E-state index in [-0.39, 0.29) is 5.91 Å². The van der Waals surface area contributed by atoms with Crippen molar-refractivity contribution in [2.24, 2.45) is 0 Å². The number of hydrogen-bond donors (Lipinski definition) is 1. The molecule has 24 heavy (non-hydrogen) atoms. The maximum Gasteiger partial charge on any atom is 0.253 e. The fourth-order valence-corrected chi connectivity index (χ4v) is 3.41. The minimum atomic E-state index is 0.0127. The van der Waals surface area contributed by atoms with Crippen LogP contribution in [0.15, 0.2) is 36.7 Å². The summed E-state index contributed by atoms with van der Waals surface area (Å²) in [6.07, 6.45) is 7.18. The van der Waals surface area contributed by atoms with Crippen molar-refractivity contribution in [3.63, 3.8) is 0 Å². The third kappa shape index (κ3) is 2.70. The van der Waals surface area contributed by atoms with Gasteiger partial charge in [0.05, 0.1) is 11.3 Å². The number of carbonyl (C=O) groups is 1. The highest BCUT2D eigenvalue weighted by atomic mass is 16.1. The lowest BCUT2D eigenvalue weighted by atomic mass is 10.2. The third-order valence-electron chi connectivity index (χ3n) is 4.72. The van der Waals surface area contributed by atoms with Gasteiger partial charge in [0.25, 0.3) is 5.91 Å².